The third kappa shape index (κ3) is 2.22. The summed E-state index contributed by atoms with van der Waals surface area (Å²) in [6.45, 7) is 4.03. The van der Waals surface area contributed by atoms with Crippen molar-refractivity contribution >= 4 is 0 Å². The summed E-state index contributed by atoms with van der Waals surface area (Å²) in [5, 5.41) is 9.40. The van der Waals surface area contributed by atoms with Crippen LogP contribution in [0.3, 0.4) is 0 Å². The summed E-state index contributed by atoms with van der Waals surface area (Å²) in [5.74, 6) is 0. The molecule has 13 heavy (non-hydrogen) atoms. The predicted molar refractivity (Wildman–Crippen MR) is 50.4 cm³/mol. The minimum Gasteiger partial charge on any atom is -0.368 e. The largest absolute Gasteiger partial charge is 0.368 e. The number of hydrogen-bond donors (Lipinski definition) is 1. The highest BCUT2D eigenvalue weighted by Gasteiger charge is 2.29. The Morgan fingerprint density at radius 2 is 2.08 bits per heavy atom. The topological polar surface area (TPSA) is 32.7 Å². The molecule has 1 heterocycles. The van der Waals surface area contributed by atoms with Crippen molar-refractivity contribution in [2.24, 2.45) is 0 Å². The molecule has 0 aromatic carbocycles. The van der Waals surface area contributed by atoms with Crippen molar-refractivity contribution < 1.29 is 9.84 Å². The van der Waals surface area contributed by atoms with Crippen molar-refractivity contribution in [3.05, 3.63) is 0 Å². The highest BCUT2D eigenvalue weighted by atomic mass is 16.6. The van der Waals surface area contributed by atoms with Crippen LogP contribution in [0.5, 0.6) is 0 Å². The third-order valence-corrected chi connectivity index (χ3v) is 3.14. The van der Waals surface area contributed by atoms with Crippen molar-refractivity contribution in [3.63, 3.8) is 0 Å². The minimum atomic E-state index is -0.542. The first-order valence-electron chi connectivity index (χ1n) is 5.33. The molecule has 1 aliphatic heterocycles. The highest BCUT2D eigenvalue weighted by molar-refractivity contribution is 4.82. The highest BCUT2D eigenvalue weighted by Crippen LogP contribution is 2.26. The zero-order chi connectivity index (χ0) is 9.26. The van der Waals surface area contributed by atoms with Gasteiger partial charge in [0.1, 0.15) is 0 Å². The SMILES string of the molecule is CC1CN(C2CCC2)CCC(O)O1. The Balaban J connectivity index is 1.88. The van der Waals surface area contributed by atoms with Gasteiger partial charge in [0.15, 0.2) is 6.29 Å². The molecule has 0 bridgehead atoms. The smallest absolute Gasteiger partial charge is 0.156 e. The lowest BCUT2D eigenvalue weighted by atomic mass is 9.91. The molecule has 1 N–H and O–H groups in total. The van der Waals surface area contributed by atoms with E-state index < -0.39 is 6.29 Å². The molecule has 1 saturated carbocycles. The second kappa shape index (κ2) is 3.95. The van der Waals surface area contributed by atoms with E-state index in [1.165, 1.54) is 19.3 Å². The van der Waals surface area contributed by atoms with E-state index in [-0.39, 0.29) is 6.10 Å². The second-order valence-corrected chi connectivity index (χ2v) is 4.27. The maximum Gasteiger partial charge on any atom is 0.156 e. The second-order valence-electron chi connectivity index (χ2n) is 4.27. The average molecular weight is 185 g/mol. The van der Waals surface area contributed by atoms with E-state index in [0.29, 0.717) is 0 Å². The molecule has 2 atom stereocenters. The van der Waals surface area contributed by atoms with Crippen molar-refractivity contribution in [3.8, 4) is 0 Å². The molecule has 0 spiro atoms. The molecule has 2 rings (SSSR count). The van der Waals surface area contributed by atoms with Gasteiger partial charge < -0.3 is 9.84 Å². The quantitative estimate of drug-likeness (QED) is 0.660. The fourth-order valence-corrected chi connectivity index (χ4v) is 2.16. The summed E-state index contributed by atoms with van der Waals surface area (Å²) < 4.78 is 5.37. The van der Waals surface area contributed by atoms with Crippen LogP contribution in [0.1, 0.15) is 32.6 Å². The van der Waals surface area contributed by atoms with Crippen LogP contribution in [0.25, 0.3) is 0 Å². The summed E-state index contributed by atoms with van der Waals surface area (Å²) in [6.07, 6.45) is 4.45. The van der Waals surface area contributed by atoms with Crippen molar-refractivity contribution in [2.45, 2.75) is 51.0 Å². The van der Waals surface area contributed by atoms with Gasteiger partial charge in [0.2, 0.25) is 0 Å². The molecule has 76 valence electrons. The van der Waals surface area contributed by atoms with Gasteiger partial charge in [-0.25, -0.2) is 0 Å². The van der Waals surface area contributed by atoms with Crippen LogP contribution < -0.4 is 0 Å². The van der Waals surface area contributed by atoms with Gasteiger partial charge >= 0.3 is 0 Å². The Hall–Kier alpha value is -0.120. The van der Waals surface area contributed by atoms with Crippen LogP contribution in [0.4, 0.5) is 0 Å². The third-order valence-electron chi connectivity index (χ3n) is 3.14. The van der Waals surface area contributed by atoms with Crippen LogP contribution in [0.2, 0.25) is 0 Å². The summed E-state index contributed by atoms with van der Waals surface area (Å²) in [7, 11) is 0. The fourth-order valence-electron chi connectivity index (χ4n) is 2.16. The molecule has 0 aromatic heterocycles. The normalized spacial score (nSPS) is 38.3. The maximum absolute atomic E-state index is 9.40. The predicted octanol–water partition coefficient (Wildman–Crippen LogP) is 0.968. The summed E-state index contributed by atoms with van der Waals surface area (Å²) >= 11 is 0. The Kier molecular flexibility index (Phi) is 2.86. The zero-order valence-electron chi connectivity index (χ0n) is 8.28. The van der Waals surface area contributed by atoms with Crippen LogP contribution >= 0.6 is 0 Å². The number of rotatable bonds is 1. The zero-order valence-corrected chi connectivity index (χ0v) is 8.28. The molecule has 2 aliphatic rings. The molecule has 0 radical (unpaired) electrons. The maximum atomic E-state index is 9.40. The van der Waals surface area contributed by atoms with Crippen molar-refractivity contribution in [1.29, 1.82) is 0 Å². The first-order chi connectivity index (χ1) is 6.25. The fraction of sp³-hybridized carbons (Fsp3) is 1.00. The molecule has 2 unspecified atom stereocenters. The molecular weight excluding hydrogens is 166 g/mol. The lowest BCUT2D eigenvalue weighted by Crippen LogP contribution is -2.43. The average Bonchev–Trinajstić information content (AvgIpc) is 2.09. The molecule has 3 heteroatoms. The van der Waals surface area contributed by atoms with Crippen LogP contribution in [0.15, 0.2) is 0 Å². The molecule has 3 nitrogen and oxygen atoms in total. The lowest BCUT2D eigenvalue weighted by Gasteiger charge is -2.37. The number of nitrogens with zero attached hydrogens (tertiary/aromatic N) is 1. The number of ether oxygens (including phenoxy) is 1. The number of hydrogen-bond acceptors (Lipinski definition) is 3. The van der Waals surface area contributed by atoms with Crippen molar-refractivity contribution in [2.75, 3.05) is 13.1 Å². The minimum absolute atomic E-state index is 0.179. The Morgan fingerprint density at radius 3 is 2.69 bits per heavy atom. The van der Waals surface area contributed by atoms with Gasteiger partial charge in [-0.2, -0.15) is 0 Å². The number of aliphatic hydroxyl groups excluding tert-OH is 1. The van der Waals surface area contributed by atoms with Gasteiger partial charge in [-0.05, 0) is 19.8 Å². The van der Waals surface area contributed by atoms with Gasteiger partial charge in [-0.1, -0.05) is 6.42 Å². The van der Waals surface area contributed by atoms with E-state index in [4.69, 9.17) is 4.74 Å². The van der Waals surface area contributed by atoms with Gasteiger partial charge in [0.05, 0.1) is 6.10 Å². The monoisotopic (exact) mass is 185 g/mol. The van der Waals surface area contributed by atoms with Gasteiger partial charge in [-0.3, -0.25) is 4.90 Å². The van der Waals surface area contributed by atoms with Gasteiger partial charge in [0, 0.05) is 25.6 Å². The Labute approximate surface area is 79.7 Å². The number of aliphatic hydroxyl groups is 1. The van der Waals surface area contributed by atoms with E-state index in [1.54, 1.807) is 0 Å². The van der Waals surface area contributed by atoms with Gasteiger partial charge in [-0.15, -0.1) is 0 Å². The van der Waals surface area contributed by atoms with E-state index in [0.717, 1.165) is 25.6 Å². The first-order valence-corrected chi connectivity index (χ1v) is 5.33. The lowest BCUT2D eigenvalue weighted by molar-refractivity contribution is -0.123. The van der Waals surface area contributed by atoms with Gasteiger partial charge in [0.25, 0.3) is 0 Å². The standard InChI is InChI=1S/C10H19NO2/c1-8-7-11(9-3-2-4-9)6-5-10(12)13-8/h8-10,12H,2-7H2,1H3. The Bertz CT molecular complexity index is 170. The molecule has 1 saturated heterocycles. The van der Waals surface area contributed by atoms with E-state index >= 15 is 0 Å². The molecule has 0 aromatic rings. The van der Waals surface area contributed by atoms with Crippen LogP contribution in [-0.4, -0.2) is 41.5 Å². The molecule has 1 aliphatic carbocycles. The van der Waals surface area contributed by atoms with Crippen LogP contribution in [0, 0.1) is 0 Å². The first kappa shape index (κ1) is 9.44. The summed E-state index contributed by atoms with van der Waals surface area (Å²) in [6, 6.07) is 0.774. The summed E-state index contributed by atoms with van der Waals surface area (Å²) in [4.78, 5) is 2.48. The van der Waals surface area contributed by atoms with E-state index in [9.17, 15) is 5.11 Å². The van der Waals surface area contributed by atoms with Crippen molar-refractivity contribution in [1.82, 2.24) is 4.90 Å². The molecular formula is C10H19NO2. The van der Waals surface area contributed by atoms with E-state index in [1.807, 2.05) is 6.92 Å². The van der Waals surface area contributed by atoms with Crippen LogP contribution in [-0.2, 0) is 4.74 Å². The van der Waals surface area contributed by atoms with E-state index in [2.05, 4.69) is 4.90 Å². The molecule has 2 fully saturated rings. The Morgan fingerprint density at radius 1 is 1.31 bits per heavy atom. The molecule has 0 amide bonds. The summed E-state index contributed by atoms with van der Waals surface area (Å²) in [5.41, 5.74) is 0.